The molecular formula is C14H15NO4S. The third kappa shape index (κ3) is 2.04. The lowest BCUT2D eigenvalue weighted by atomic mass is 10.1. The Balaban J connectivity index is 2.23. The predicted molar refractivity (Wildman–Crippen MR) is 73.6 cm³/mol. The number of rotatable bonds is 3. The Morgan fingerprint density at radius 2 is 2.15 bits per heavy atom. The van der Waals surface area contributed by atoms with Crippen LogP contribution in [0.15, 0.2) is 21.4 Å². The highest BCUT2D eigenvalue weighted by Crippen LogP contribution is 2.33. The van der Waals surface area contributed by atoms with Gasteiger partial charge in [-0.3, -0.25) is 4.79 Å². The van der Waals surface area contributed by atoms with Gasteiger partial charge in [-0.25, -0.2) is 13.4 Å². The van der Waals surface area contributed by atoms with Gasteiger partial charge in [0.2, 0.25) is 0 Å². The average Bonchev–Trinajstić information content (AvgIpc) is 2.83. The van der Waals surface area contributed by atoms with Crippen LogP contribution in [0.25, 0.3) is 11.1 Å². The van der Waals surface area contributed by atoms with Gasteiger partial charge in [0.1, 0.15) is 10.4 Å². The van der Waals surface area contributed by atoms with Crippen LogP contribution in [0.3, 0.4) is 0 Å². The third-order valence-electron chi connectivity index (χ3n) is 3.51. The van der Waals surface area contributed by atoms with Crippen LogP contribution in [0.1, 0.15) is 42.4 Å². The maximum absolute atomic E-state index is 12.2. The van der Waals surface area contributed by atoms with E-state index in [-0.39, 0.29) is 34.0 Å². The number of nitrogens with zero attached hydrogens (tertiary/aromatic N) is 1. The molecule has 0 fully saturated rings. The summed E-state index contributed by atoms with van der Waals surface area (Å²) >= 11 is 0. The van der Waals surface area contributed by atoms with E-state index in [4.69, 9.17) is 4.42 Å². The lowest BCUT2D eigenvalue weighted by Gasteiger charge is -2.14. The molecule has 0 radical (unpaired) electrons. The van der Waals surface area contributed by atoms with E-state index < -0.39 is 9.84 Å². The Labute approximate surface area is 116 Å². The predicted octanol–water partition coefficient (Wildman–Crippen LogP) is 2.53. The van der Waals surface area contributed by atoms with Crippen molar-refractivity contribution in [2.24, 2.45) is 0 Å². The van der Waals surface area contributed by atoms with Crippen LogP contribution in [0, 0.1) is 0 Å². The third-order valence-corrected chi connectivity index (χ3v) is 5.28. The summed E-state index contributed by atoms with van der Waals surface area (Å²) < 4.78 is 30.0. The summed E-state index contributed by atoms with van der Waals surface area (Å²) in [5, 5.41) is 0. The first-order chi connectivity index (χ1) is 9.53. The van der Waals surface area contributed by atoms with Gasteiger partial charge in [-0.15, -0.1) is 0 Å². The van der Waals surface area contributed by atoms with Crippen molar-refractivity contribution >= 4 is 26.7 Å². The highest BCUT2D eigenvalue weighted by Gasteiger charge is 2.33. The zero-order valence-corrected chi connectivity index (χ0v) is 12.0. The number of Topliss-reactive ketones (excluding diaryl/α,β-unsaturated/α-hetero) is 1. The number of unbranched alkanes of at least 4 members (excludes halogenated alkanes) is 1. The Bertz CT molecular complexity index is 789. The SMILES string of the molecule is CCCCc1nc2ccc3c(c2o1)S(=O)(=O)CCC3=O. The van der Waals surface area contributed by atoms with E-state index in [0.717, 1.165) is 12.8 Å². The van der Waals surface area contributed by atoms with Gasteiger partial charge in [0.05, 0.1) is 5.75 Å². The minimum atomic E-state index is -3.46. The van der Waals surface area contributed by atoms with Crippen LogP contribution < -0.4 is 0 Å². The van der Waals surface area contributed by atoms with Gasteiger partial charge in [0, 0.05) is 18.4 Å². The van der Waals surface area contributed by atoms with E-state index in [1.807, 2.05) is 0 Å². The first-order valence-electron chi connectivity index (χ1n) is 6.71. The molecule has 0 atom stereocenters. The quantitative estimate of drug-likeness (QED) is 0.869. The van der Waals surface area contributed by atoms with Crippen molar-refractivity contribution in [3.05, 3.63) is 23.6 Å². The Hall–Kier alpha value is -1.69. The van der Waals surface area contributed by atoms with Crippen molar-refractivity contribution in [2.45, 2.75) is 37.5 Å². The number of oxazole rings is 1. The number of carbonyl (C=O) groups is 1. The lowest BCUT2D eigenvalue weighted by molar-refractivity contribution is 0.0983. The van der Waals surface area contributed by atoms with Crippen molar-refractivity contribution in [3.8, 4) is 0 Å². The maximum atomic E-state index is 12.2. The molecule has 6 heteroatoms. The summed E-state index contributed by atoms with van der Waals surface area (Å²) in [6.07, 6.45) is 2.65. The molecule has 1 aliphatic rings. The molecule has 1 aliphatic heterocycles. The molecule has 0 saturated carbocycles. The highest BCUT2D eigenvalue weighted by atomic mass is 32.2. The molecule has 0 unspecified atom stereocenters. The van der Waals surface area contributed by atoms with Crippen LogP contribution in [-0.2, 0) is 16.3 Å². The normalized spacial score (nSPS) is 17.4. The molecule has 0 amide bonds. The van der Waals surface area contributed by atoms with E-state index in [1.54, 1.807) is 12.1 Å². The number of hydrogen-bond donors (Lipinski definition) is 0. The second-order valence-electron chi connectivity index (χ2n) is 4.99. The maximum Gasteiger partial charge on any atom is 0.195 e. The van der Waals surface area contributed by atoms with Gasteiger partial charge in [-0.1, -0.05) is 13.3 Å². The van der Waals surface area contributed by atoms with Crippen molar-refractivity contribution in [2.75, 3.05) is 5.75 Å². The molecule has 20 heavy (non-hydrogen) atoms. The Morgan fingerprint density at radius 3 is 2.90 bits per heavy atom. The number of aromatic nitrogens is 1. The molecule has 5 nitrogen and oxygen atoms in total. The summed E-state index contributed by atoms with van der Waals surface area (Å²) in [5.74, 6) is 0.231. The molecule has 1 aromatic heterocycles. The molecule has 1 aromatic carbocycles. The standard InChI is InChI=1S/C14H15NO4S/c1-2-3-4-12-15-10-6-5-9-11(16)7-8-20(17,18)14(9)13(10)19-12/h5-6H,2-4,7-8H2,1H3. The van der Waals surface area contributed by atoms with Crippen molar-refractivity contribution < 1.29 is 17.6 Å². The number of aryl methyl sites for hydroxylation is 1. The highest BCUT2D eigenvalue weighted by molar-refractivity contribution is 7.91. The van der Waals surface area contributed by atoms with E-state index in [9.17, 15) is 13.2 Å². The number of carbonyl (C=O) groups excluding carboxylic acids is 1. The first-order valence-corrected chi connectivity index (χ1v) is 8.36. The first kappa shape index (κ1) is 13.3. The van der Waals surface area contributed by atoms with Gasteiger partial charge in [0.25, 0.3) is 0 Å². The van der Waals surface area contributed by atoms with Crippen LogP contribution in [0.4, 0.5) is 0 Å². The van der Waals surface area contributed by atoms with E-state index in [1.165, 1.54) is 0 Å². The molecule has 0 saturated heterocycles. The van der Waals surface area contributed by atoms with Crippen LogP contribution in [0.5, 0.6) is 0 Å². The van der Waals surface area contributed by atoms with Gasteiger partial charge in [-0.2, -0.15) is 0 Å². The van der Waals surface area contributed by atoms with Crippen LogP contribution in [-0.4, -0.2) is 24.9 Å². The molecular weight excluding hydrogens is 278 g/mol. The summed E-state index contributed by atoms with van der Waals surface area (Å²) in [5.41, 5.74) is 0.983. The molecule has 2 heterocycles. The van der Waals surface area contributed by atoms with Gasteiger partial charge >= 0.3 is 0 Å². The van der Waals surface area contributed by atoms with Gasteiger partial charge in [-0.05, 0) is 18.6 Å². The summed E-state index contributed by atoms with van der Waals surface area (Å²) in [6.45, 7) is 2.06. The summed E-state index contributed by atoms with van der Waals surface area (Å²) in [7, 11) is -3.46. The average molecular weight is 293 g/mol. The van der Waals surface area contributed by atoms with Crippen LogP contribution in [0.2, 0.25) is 0 Å². The molecule has 0 bridgehead atoms. The molecule has 2 aromatic rings. The molecule has 3 rings (SSSR count). The molecule has 0 N–H and O–H groups in total. The molecule has 0 spiro atoms. The molecule has 106 valence electrons. The number of fused-ring (bicyclic) bond motifs is 3. The zero-order chi connectivity index (χ0) is 14.3. The van der Waals surface area contributed by atoms with Crippen molar-refractivity contribution in [1.82, 2.24) is 4.98 Å². The summed E-state index contributed by atoms with van der Waals surface area (Å²) in [6, 6.07) is 3.20. The van der Waals surface area contributed by atoms with Gasteiger partial charge in [0.15, 0.2) is 27.1 Å². The summed E-state index contributed by atoms with van der Waals surface area (Å²) in [4.78, 5) is 16.2. The van der Waals surface area contributed by atoms with Crippen LogP contribution >= 0.6 is 0 Å². The second-order valence-corrected chi connectivity index (χ2v) is 7.04. The van der Waals surface area contributed by atoms with Crippen molar-refractivity contribution in [1.29, 1.82) is 0 Å². The number of ketones is 1. The van der Waals surface area contributed by atoms with Crippen molar-refractivity contribution in [3.63, 3.8) is 0 Å². The molecule has 0 aliphatic carbocycles. The Morgan fingerprint density at radius 1 is 1.35 bits per heavy atom. The smallest absolute Gasteiger partial charge is 0.195 e. The minimum absolute atomic E-state index is 0.0292. The van der Waals surface area contributed by atoms with E-state index in [2.05, 4.69) is 11.9 Å². The van der Waals surface area contributed by atoms with Gasteiger partial charge < -0.3 is 4.42 Å². The zero-order valence-electron chi connectivity index (χ0n) is 11.2. The fraction of sp³-hybridized carbons (Fsp3) is 0.429. The largest absolute Gasteiger partial charge is 0.439 e. The number of benzene rings is 1. The van der Waals surface area contributed by atoms with E-state index >= 15 is 0 Å². The fourth-order valence-electron chi connectivity index (χ4n) is 2.44. The fourth-order valence-corrected chi connectivity index (χ4v) is 4.04. The second kappa shape index (κ2) is 4.70. The number of hydrogen-bond acceptors (Lipinski definition) is 5. The lowest BCUT2D eigenvalue weighted by Crippen LogP contribution is -2.21. The minimum Gasteiger partial charge on any atom is -0.439 e. The van der Waals surface area contributed by atoms with E-state index in [0.29, 0.717) is 17.8 Å². The topological polar surface area (TPSA) is 77.2 Å². The number of sulfone groups is 1. The Kier molecular flexibility index (Phi) is 3.12. The monoisotopic (exact) mass is 293 g/mol.